The number of hydrogen-bond acceptors (Lipinski definition) is 3. The Balaban J connectivity index is 1.66. The van der Waals surface area contributed by atoms with E-state index in [9.17, 15) is 0 Å². The van der Waals surface area contributed by atoms with Crippen molar-refractivity contribution in [3.8, 4) is 0 Å². The quantitative estimate of drug-likeness (QED) is 0.800. The Labute approximate surface area is 122 Å². The largest absolute Gasteiger partial charge is 0.475 e. The van der Waals surface area contributed by atoms with Crippen LogP contribution in [0.25, 0.3) is 10.9 Å². The molecule has 5 nitrogen and oxygen atoms in total. The molecule has 0 saturated heterocycles. The lowest BCUT2D eigenvalue weighted by Gasteiger charge is -2.01. The van der Waals surface area contributed by atoms with Gasteiger partial charge < -0.3 is 14.3 Å². The lowest BCUT2D eigenvalue weighted by Crippen LogP contribution is -2.10. The fourth-order valence-electron chi connectivity index (χ4n) is 2.83. The summed E-state index contributed by atoms with van der Waals surface area (Å²) in [6, 6.07) is 8.46. The van der Waals surface area contributed by atoms with Gasteiger partial charge in [-0.05, 0) is 6.07 Å². The van der Waals surface area contributed by atoms with E-state index in [2.05, 4.69) is 32.9 Å². The number of aryl methyl sites for hydroxylation is 1. The van der Waals surface area contributed by atoms with E-state index in [1.54, 1.807) is 6.33 Å². The van der Waals surface area contributed by atoms with Gasteiger partial charge in [-0.25, -0.2) is 9.98 Å². The number of aromatic amines is 1. The van der Waals surface area contributed by atoms with Gasteiger partial charge in [0.05, 0.1) is 17.9 Å². The van der Waals surface area contributed by atoms with E-state index < -0.39 is 0 Å². The van der Waals surface area contributed by atoms with Crippen LogP contribution in [0, 0.1) is 0 Å². The lowest BCUT2D eigenvalue weighted by atomic mass is 10.2. The van der Waals surface area contributed by atoms with Crippen molar-refractivity contribution >= 4 is 16.8 Å². The molecule has 0 fully saturated rings. The van der Waals surface area contributed by atoms with Gasteiger partial charge in [0.1, 0.15) is 6.61 Å². The van der Waals surface area contributed by atoms with Gasteiger partial charge in [0.25, 0.3) is 0 Å². The predicted octanol–water partition coefficient (Wildman–Crippen LogP) is 2.29. The number of hydrogen-bond donors (Lipinski definition) is 1. The number of nitrogens with one attached hydrogen (secondary N) is 1. The highest BCUT2D eigenvalue weighted by molar-refractivity contribution is 6.07. The fourth-order valence-corrected chi connectivity index (χ4v) is 2.83. The third kappa shape index (κ3) is 2.11. The zero-order chi connectivity index (χ0) is 14.2. The molecular formula is C16H16N4O. The Hall–Kier alpha value is -2.56. The van der Waals surface area contributed by atoms with E-state index in [0.717, 1.165) is 23.6 Å². The maximum absolute atomic E-state index is 5.82. The fraction of sp³-hybridized carbons (Fsp3) is 0.250. The van der Waals surface area contributed by atoms with Crippen molar-refractivity contribution in [3.63, 3.8) is 0 Å². The molecule has 1 aliphatic heterocycles. The number of fused-ring (bicyclic) bond motifs is 1. The molecule has 4 rings (SSSR count). The SMILES string of the molecule is Cn1cc(C2=N[C@@H](Cc3cnc[nH]3)CO2)c2ccccc21. The summed E-state index contributed by atoms with van der Waals surface area (Å²) in [7, 11) is 2.05. The molecule has 21 heavy (non-hydrogen) atoms. The van der Waals surface area contributed by atoms with Crippen molar-refractivity contribution in [2.75, 3.05) is 6.61 Å². The Bertz CT molecular complexity index is 801. The number of aromatic nitrogens is 3. The maximum atomic E-state index is 5.82. The second-order valence-electron chi connectivity index (χ2n) is 5.35. The van der Waals surface area contributed by atoms with E-state index in [-0.39, 0.29) is 6.04 Å². The topological polar surface area (TPSA) is 55.2 Å². The molecule has 0 spiro atoms. The highest BCUT2D eigenvalue weighted by atomic mass is 16.5. The Morgan fingerprint density at radius 1 is 1.38 bits per heavy atom. The number of rotatable bonds is 3. The molecule has 1 aliphatic rings. The van der Waals surface area contributed by atoms with Crippen molar-refractivity contribution in [1.82, 2.24) is 14.5 Å². The zero-order valence-corrected chi connectivity index (χ0v) is 11.8. The first-order valence-electron chi connectivity index (χ1n) is 7.03. The summed E-state index contributed by atoms with van der Waals surface area (Å²) in [4.78, 5) is 11.9. The van der Waals surface area contributed by atoms with Crippen molar-refractivity contribution in [1.29, 1.82) is 0 Å². The van der Waals surface area contributed by atoms with E-state index >= 15 is 0 Å². The zero-order valence-electron chi connectivity index (χ0n) is 11.8. The van der Waals surface area contributed by atoms with Crippen LogP contribution in [0.3, 0.4) is 0 Å². The maximum Gasteiger partial charge on any atom is 0.218 e. The first-order valence-corrected chi connectivity index (χ1v) is 7.03. The van der Waals surface area contributed by atoms with Gasteiger partial charge in [0.15, 0.2) is 0 Å². The summed E-state index contributed by atoms with van der Waals surface area (Å²) in [5.41, 5.74) is 3.35. The highest BCUT2D eigenvalue weighted by Gasteiger charge is 2.23. The van der Waals surface area contributed by atoms with Crippen molar-refractivity contribution in [3.05, 3.63) is 54.2 Å². The van der Waals surface area contributed by atoms with Crippen LogP contribution in [0.15, 0.2) is 48.0 Å². The number of para-hydroxylation sites is 1. The Morgan fingerprint density at radius 2 is 2.29 bits per heavy atom. The lowest BCUT2D eigenvalue weighted by molar-refractivity contribution is 0.316. The normalized spacial score (nSPS) is 18.0. The van der Waals surface area contributed by atoms with Crippen LogP contribution in [0.2, 0.25) is 0 Å². The molecular weight excluding hydrogens is 264 g/mol. The van der Waals surface area contributed by atoms with E-state index in [0.29, 0.717) is 6.61 Å². The Morgan fingerprint density at radius 3 is 3.14 bits per heavy atom. The molecule has 3 aromatic rings. The molecule has 0 amide bonds. The molecule has 0 saturated carbocycles. The van der Waals surface area contributed by atoms with Gasteiger partial charge in [-0.1, -0.05) is 18.2 Å². The second kappa shape index (κ2) is 4.77. The third-order valence-electron chi connectivity index (χ3n) is 3.85. The van der Waals surface area contributed by atoms with Gasteiger partial charge in [-0.15, -0.1) is 0 Å². The predicted molar refractivity (Wildman–Crippen MR) is 81.5 cm³/mol. The molecule has 0 radical (unpaired) electrons. The minimum atomic E-state index is 0.152. The molecule has 1 atom stereocenters. The van der Waals surface area contributed by atoms with Crippen LogP contribution < -0.4 is 0 Å². The average molecular weight is 280 g/mol. The number of imidazole rings is 1. The van der Waals surface area contributed by atoms with Gasteiger partial charge in [-0.2, -0.15) is 0 Å². The van der Waals surface area contributed by atoms with Crippen LogP contribution >= 0.6 is 0 Å². The molecule has 3 heterocycles. The van der Waals surface area contributed by atoms with Gasteiger partial charge >= 0.3 is 0 Å². The van der Waals surface area contributed by atoms with Crippen LogP contribution in [0.4, 0.5) is 0 Å². The van der Waals surface area contributed by atoms with Gasteiger partial charge in [0, 0.05) is 42.5 Å². The standard InChI is InChI=1S/C16H16N4O/c1-20-8-14(13-4-2-3-5-15(13)20)16-19-12(9-21-16)6-11-7-17-10-18-11/h2-5,7-8,10,12H,6,9H2,1H3,(H,17,18)/t12-/m0/s1. The van der Waals surface area contributed by atoms with Gasteiger partial charge in [0.2, 0.25) is 5.90 Å². The summed E-state index contributed by atoms with van der Waals surface area (Å²) < 4.78 is 7.93. The van der Waals surface area contributed by atoms with E-state index in [4.69, 9.17) is 9.73 Å². The van der Waals surface area contributed by atoms with E-state index in [1.807, 2.05) is 25.4 Å². The molecule has 2 aromatic heterocycles. The number of H-pyrrole nitrogens is 1. The number of nitrogens with zero attached hydrogens (tertiary/aromatic N) is 3. The third-order valence-corrected chi connectivity index (χ3v) is 3.85. The number of aliphatic imine (C=N–C) groups is 1. The number of ether oxygens (including phenoxy) is 1. The second-order valence-corrected chi connectivity index (χ2v) is 5.35. The van der Waals surface area contributed by atoms with Crippen LogP contribution in [-0.2, 0) is 18.2 Å². The summed E-state index contributed by atoms with van der Waals surface area (Å²) in [5, 5.41) is 1.18. The minimum absolute atomic E-state index is 0.152. The van der Waals surface area contributed by atoms with Crippen molar-refractivity contribution < 1.29 is 4.74 Å². The molecule has 5 heteroatoms. The summed E-state index contributed by atoms with van der Waals surface area (Å²) in [5.74, 6) is 0.747. The van der Waals surface area contributed by atoms with Crippen molar-refractivity contribution in [2.24, 2.45) is 12.0 Å². The summed E-state index contributed by atoms with van der Waals surface area (Å²) in [6.07, 6.45) is 6.45. The highest BCUT2D eigenvalue weighted by Crippen LogP contribution is 2.24. The summed E-state index contributed by atoms with van der Waals surface area (Å²) >= 11 is 0. The van der Waals surface area contributed by atoms with Crippen LogP contribution in [0.5, 0.6) is 0 Å². The van der Waals surface area contributed by atoms with Crippen LogP contribution in [-0.4, -0.2) is 33.1 Å². The smallest absolute Gasteiger partial charge is 0.218 e. The Kier molecular flexibility index (Phi) is 2.77. The van der Waals surface area contributed by atoms with E-state index in [1.165, 1.54) is 10.9 Å². The molecule has 0 aliphatic carbocycles. The summed E-state index contributed by atoms with van der Waals surface area (Å²) in [6.45, 7) is 0.623. The molecule has 1 N–H and O–H groups in total. The van der Waals surface area contributed by atoms with Crippen molar-refractivity contribution in [2.45, 2.75) is 12.5 Å². The first-order chi connectivity index (χ1) is 10.3. The van der Waals surface area contributed by atoms with Crippen LogP contribution in [0.1, 0.15) is 11.3 Å². The monoisotopic (exact) mass is 280 g/mol. The number of benzene rings is 1. The molecule has 0 bridgehead atoms. The van der Waals surface area contributed by atoms with Gasteiger partial charge in [-0.3, -0.25) is 0 Å². The minimum Gasteiger partial charge on any atom is -0.475 e. The molecule has 1 aromatic carbocycles. The molecule has 0 unspecified atom stereocenters. The molecule has 106 valence electrons. The first kappa shape index (κ1) is 12.2. The average Bonchev–Trinajstić information content (AvgIpc) is 3.21.